The van der Waals surface area contributed by atoms with Gasteiger partial charge in [0.15, 0.2) is 0 Å². The molecule has 0 spiro atoms. The van der Waals surface area contributed by atoms with Gasteiger partial charge < -0.3 is 0 Å². The highest BCUT2D eigenvalue weighted by molar-refractivity contribution is 5.86. The van der Waals surface area contributed by atoms with Gasteiger partial charge in [0, 0.05) is 13.1 Å². The van der Waals surface area contributed by atoms with Gasteiger partial charge in [-0.05, 0) is 18.8 Å². The van der Waals surface area contributed by atoms with Crippen LogP contribution in [0.3, 0.4) is 0 Å². The molecule has 14 heavy (non-hydrogen) atoms. The highest BCUT2D eigenvalue weighted by Gasteiger charge is 2.11. The summed E-state index contributed by atoms with van der Waals surface area (Å²) < 4.78 is 0. The van der Waals surface area contributed by atoms with E-state index in [0.717, 1.165) is 0 Å². The molecule has 1 amide bonds. The summed E-state index contributed by atoms with van der Waals surface area (Å²) in [5.41, 5.74) is 0. The molecule has 0 saturated heterocycles. The smallest absolute Gasteiger partial charge is 0.269 e. The summed E-state index contributed by atoms with van der Waals surface area (Å²) in [6.07, 6.45) is 10.0. The first-order valence-electron chi connectivity index (χ1n) is 5.24. The quantitative estimate of drug-likeness (QED) is 0.512. The normalized spacial score (nSPS) is 18.7. The summed E-state index contributed by atoms with van der Waals surface area (Å²) in [6, 6.07) is 0. The van der Waals surface area contributed by atoms with Crippen LogP contribution in [-0.4, -0.2) is 25.1 Å². The fourth-order valence-corrected chi connectivity index (χ4v) is 1.74. The van der Waals surface area contributed by atoms with Gasteiger partial charge in [-0.3, -0.25) is 9.63 Å². The number of nitrogens with zero attached hydrogens (tertiary/aromatic N) is 1. The van der Waals surface area contributed by atoms with Crippen molar-refractivity contribution in [2.75, 3.05) is 14.2 Å². The Bertz CT molecular complexity index is 207. The van der Waals surface area contributed by atoms with E-state index >= 15 is 0 Å². The third-order valence-corrected chi connectivity index (χ3v) is 2.75. The first kappa shape index (κ1) is 11.2. The third kappa shape index (κ3) is 3.50. The predicted octanol–water partition coefficient (Wildman–Crippen LogP) is 2.14. The van der Waals surface area contributed by atoms with Crippen molar-refractivity contribution in [3.8, 4) is 0 Å². The van der Waals surface area contributed by atoms with E-state index in [1.807, 2.05) is 6.08 Å². The Labute approximate surface area is 85.7 Å². The SMILES string of the molecule is CON(C)C(=O)/C=C/C1CCCCC1. The van der Waals surface area contributed by atoms with Crippen molar-refractivity contribution in [1.82, 2.24) is 5.06 Å². The number of carbonyl (C=O) groups is 1. The molecule has 80 valence electrons. The molecule has 0 radical (unpaired) electrons. The number of rotatable bonds is 3. The summed E-state index contributed by atoms with van der Waals surface area (Å²) in [6.45, 7) is 0. The standard InChI is InChI=1S/C11H19NO2/c1-12(14-2)11(13)9-8-10-6-4-3-5-7-10/h8-10H,3-7H2,1-2H3/b9-8+. The molecule has 0 aromatic rings. The van der Waals surface area contributed by atoms with Crippen LogP contribution in [0.25, 0.3) is 0 Å². The number of carbonyl (C=O) groups excluding carboxylic acids is 1. The predicted molar refractivity (Wildman–Crippen MR) is 55.5 cm³/mol. The monoisotopic (exact) mass is 197 g/mol. The van der Waals surface area contributed by atoms with E-state index in [9.17, 15) is 4.79 Å². The summed E-state index contributed by atoms with van der Waals surface area (Å²) in [4.78, 5) is 16.1. The molecule has 3 heteroatoms. The Hall–Kier alpha value is -0.830. The fraction of sp³-hybridized carbons (Fsp3) is 0.727. The highest BCUT2D eigenvalue weighted by Crippen LogP contribution is 2.24. The van der Waals surface area contributed by atoms with Crippen molar-refractivity contribution in [2.24, 2.45) is 5.92 Å². The largest absolute Gasteiger partial charge is 0.274 e. The van der Waals surface area contributed by atoms with Crippen molar-refractivity contribution >= 4 is 5.91 Å². The average Bonchev–Trinajstić information content (AvgIpc) is 2.26. The lowest BCUT2D eigenvalue weighted by atomic mass is 9.89. The van der Waals surface area contributed by atoms with Crippen molar-refractivity contribution in [3.05, 3.63) is 12.2 Å². The van der Waals surface area contributed by atoms with Crippen molar-refractivity contribution in [1.29, 1.82) is 0 Å². The molecule has 0 bridgehead atoms. The second-order valence-electron chi connectivity index (χ2n) is 3.78. The van der Waals surface area contributed by atoms with Crippen LogP contribution in [0.15, 0.2) is 12.2 Å². The van der Waals surface area contributed by atoms with Gasteiger partial charge in [-0.15, -0.1) is 0 Å². The van der Waals surface area contributed by atoms with Gasteiger partial charge in [0.2, 0.25) is 0 Å². The van der Waals surface area contributed by atoms with Crippen molar-refractivity contribution in [3.63, 3.8) is 0 Å². The third-order valence-electron chi connectivity index (χ3n) is 2.75. The minimum Gasteiger partial charge on any atom is -0.274 e. The molecular weight excluding hydrogens is 178 g/mol. The number of amides is 1. The zero-order valence-corrected chi connectivity index (χ0v) is 9.03. The second-order valence-corrected chi connectivity index (χ2v) is 3.78. The minimum atomic E-state index is -0.0851. The summed E-state index contributed by atoms with van der Waals surface area (Å²) in [7, 11) is 3.11. The zero-order chi connectivity index (χ0) is 10.4. The maximum absolute atomic E-state index is 11.3. The van der Waals surface area contributed by atoms with E-state index in [2.05, 4.69) is 0 Å². The Morgan fingerprint density at radius 1 is 1.36 bits per heavy atom. The van der Waals surface area contributed by atoms with E-state index < -0.39 is 0 Å². The Morgan fingerprint density at radius 3 is 2.57 bits per heavy atom. The van der Waals surface area contributed by atoms with Gasteiger partial charge >= 0.3 is 0 Å². The number of likely N-dealkylation sites (N-methyl/N-ethyl adjacent to an activating group) is 1. The average molecular weight is 197 g/mol. The van der Waals surface area contributed by atoms with E-state index in [1.165, 1.54) is 44.3 Å². The summed E-state index contributed by atoms with van der Waals surface area (Å²) >= 11 is 0. The van der Waals surface area contributed by atoms with Crippen LogP contribution in [-0.2, 0) is 9.63 Å². The molecule has 3 nitrogen and oxygen atoms in total. The fourth-order valence-electron chi connectivity index (χ4n) is 1.74. The van der Waals surface area contributed by atoms with Gasteiger partial charge in [0.05, 0.1) is 7.11 Å². The van der Waals surface area contributed by atoms with E-state index in [-0.39, 0.29) is 5.91 Å². The minimum absolute atomic E-state index is 0.0851. The van der Waals surface area contributed by atoms with Crippen LogP contribution in [0.5, 0.6) is 0 Å². The second kappa shape index (κ2) is 5.81. The van der Waals surface area contributed by atoms with E-state index in [1.54, 1.807) is 13.1 Å². The molecule has 1 fully saturated rings. The number of hydrogen-bond donors (Lipinski definition) is 0. The summed E-state index contributed by atoms with van der Waals surface area (Å²) in [5, 5.41) is 1.24. The number of allylic oxidation sites excluding steroid dienone is 1. The number of hydrogen-bond acceptors (Lipinski definition) is 2. The van der Waals surface area contributed by atoms with E-state index in [0.29, 0.717) is 5.92 Å². The lowest BCUT2D eigenvalue weighted by Crippen LogP contribution is -2.23. The van der Waals surface area contributed by atoms with Crippen LogP contribution in [0.2, 0.25) is 0 Å². The van der Waals surface area contributed by atoms with Crippen LogP contribution in [0, 0.1) is 5.92 Å². The molecule has 0 N–H and O–H groups in total. The molecule has 0 aliphatic heterocycles. The van der Waals surface area contributed by atoms with Crippen LogP contribution in [0.1, 0.15) is 32.1 Å². The summed E-state index contributed by atoms with van der Waals surface area (Å²) in [5.74, 6) is 0.510. The van der Waals surface area contributed by atoms with Gasteiger partial charge in [-0.2, -0.15) is 0 Å². The molecular formula is C11H19NO2. The molecule has 0 atom stereocenters. The van der Waals surface area contributed by atoms with Gasteiger partial charge in [0.25, 0.3) is 5.91 Å². The number of hydroxylamine groups is 2. The van der Waals surface area contributed by atoms with Crippen molar-refractivity contribution < 1.29 is 9.63 Å². The van der Waals surface area contributed by atoms with Crippen LogP contribution < -0.4 is 0 Å². The molecule has 1 aliphatic carbocycles. The van der Waals surface area contributed by atoms with Gasteiger partial charge in [0.1, 0.15) is 0 Å². The Balaban J connectivity index is 2.34. The van der Waals surface area contributed by atoms with Gasteiger partial charge in [-0.1, -0.05) is 25.3 Å². The van der Waals surface area contributed by atoms with Gasteiger partial charge in [-0.25, -0.2) is 5.06 Å². The first-order valence-corrected chi connectivity index (χ1v) is 5.24. The lowest BCUT2D eigenvalue weighted by Gasteiger charge is -2.18. The molecule has 1 rings (SSSR count). The highest BCUT2D eigenvalue weighted by atomic mass is 16.7. The zero-order valence-electron chi connectivity index (χ0n) is 9.03. The maximum atomic E-state index is 11.3. The molecule has 0 aromatic carbocycles. The Kier molecular flexibility index (Phi) is 4.66. The Morgan fingerprint density at radius 2 is 2.00 bits per heavy atom. The molecule has 0 unspecified atom stereocenters. The lowest BCUT2D eigenvalue weighted by molar-refractivity contribution is -0.162. The topological polar surface area (TPSA) is 29.5 Å². The van der Waals surface area contributed by atoms with Crippen LogP contribution in [0.4, 0.5) is 0 Å². The molecule has 1 saturated carbocycles. The first-order chi connectivity index (χ1) is 6.74. The molecule has 0 aromatic heterocycles. The van der Waals surface area contributed by atoms with Crippen molar-refractivity contribution in [2.45, 2.75) is 32.1 Å². The molecule has 1 aliphatic rings. The van der Waals surface area contributed by atoms with E-state index in [4.69, 9.17) is 4.84 Å². The van der Waals surface area contributed by atoms with Crippen LogP contribution >= 0.6 is 0 Å². The maximum Gasteiger partial charge on any atom is 0.269 e. The molecule has 0 heterocycles.